The molecule has 0 aromatic carbocycles. The van der Waals surface area contributed by atoms with Gasteiger partial charge in [0.05, 0.1) is 6.04 Å². The highest BCUT2D eigenvalue weighted by atomic mass is 16.2. The number of amides is 2. The van der Waals surface area contributed by atoms with E-state index < -0.39 is 24.0 Å². The van der Waals surface area contributed by atoms with Crippen molar-refractivity contribution >= 4 is 11.8 Å². The highest BCUT2D eigenvalue weighted by molar-refractivity contribution is 5.88. The van der Waals surface area contributed by atoms with Crippen molar-refractivity contribution in [1.29, 1.82) is 0 Å². The Hall–Kier alpha value is -1.14. The minimum Gasteiger partial charge on any atom is -0.367 e. The molecule has 2 amide bonds. The molecule has 7 N–H and O–H groups in total. The van der Waals surface area contributed by atoms with E-state index in [1.165, 1.54) is 6.92 Å². The van der Waals surface area contributed by atoms with Crippen molar-refractivity contribution in [2.45, 2.75) is 19.1 Å². The van der Waals surface area contributed by atoms with E-state index in [-0.39, 0.29) is 0 Å². The third-order valence-electron chi connectivity index (χ3n) is 1.02. The number of carbonyl (C=O) groups is 2. The smallest absolute Gasteiger partial charge is 0.254 e. The first-order valence-electron chi connectivity index (χ1n) is 3.06. The van der Waals surface area contributed by atoms with Crippen molar-refractivity contribution in [2.75, 3.05) is 0 Å². The molecule has 64 valence electrons. The van der Waals surface area contributed by atoms with E-state index in [0.29, 0.717) is 0 Å². The van der Waals surface area contributed by atoms with Crippen LogP contribution in [0.1, 0.15) is 6.92 Å². The lowest BCUT2D eigenvalue weighted by Crippen LogP contribution is -2.54. The second-order valence-corrected chi connectivity index (χ2v) is 2.18. The quantitative estimate of drug-likeness (QED) is 0.333. The Morgan fingerprint density at radius 2 is 1.82 bits per heavy atom. The number of carbonyl (C=O) groups excluding carboxylic acids is 2. The Bertz CT molecular complexity index is 168. The molecule has 0 heterocycles. The SMILES string of the molecule is CC(N)C(=O)NC(N)C(N)=O. The van der Waals surface area contributed by atoms with Crippen molar-refractivity contribution < 1.29 is 9.59 Å². The van der Waals surface area contributed by atoms with Gasteiger partial charge < -0.3 is 22.5 Å². The van der Waals surface area contributed by atoms with E-state index >= 15 is 0 Å². The minimum atomic E-state index is -1.16. The Labute approximate surface area is 64.1 Å². The summed E-state index contributed by atoms with van der Waals surface area (Å²) in [5, 5.41) is 2.12. The van der Waals surface area contributed by atoms with Crippen LogP contribution in [0.2, 0.25) is 0 Å². The van der Waals surface area contributed by atoms with Gasteiger partial charge >= 0.3 is 0 Å². The lowest BCUT2D eigenvalue weighted by atomic mass is 10.3. The van der Waals surface area contributed by atoms with Crippen LogP contribution >= 0.6 is 0 Å². The summed E-state index contributed by atoms with van der Waals surface area (Å²) in [7, 11) is 0. The third-order valence-corrected chi connectivity index (χ3v) is 1.02. The summed E-state index contributed by atoms with van der Waals surface area (Å²) < 4.78 is 0. The first-order chi connectivity index (χ1) is 4.95. The van der Waals surface area contributed by atoms with Gasteiger partial charge in [0.15, 0.2) is 6.17 Å². The van der Waals surface area contributed by atoms with Gasteiger partial charge in [0.25, 0.3) is 5.91 Å². The zero-order valence-corrected chi connectivity index (χ0v) is 6.20. The van der Waals surface area contributed by atoms with Gasteiger partial charge in [-0.05, 0) is 6.92 Å². The summed E-state index contributed by atoms with van der Waals surface area (Å²) >= 11 is 0. The highest BCUT2D eigenvalue weighted by Gasteiger charge is 2.14. The van der Waals surface area contributed by atoms with Crippen LogP contribution < -0.4 is 22.5 Å². The Balaban J connectivity index is 3.85. The molecular formula is C5H12N4O2. The van der Waals surface area contributed by atoms with Gasteiger partial charge in [0, 0.05) is 0 Å². The van der Waals surface area contributed by atoms with Crippen LogP contribution in [-0.2, 0) is 9.59 Å². The molecule has 0 fully saturated rings. The maximum absolute atomic E-state index is 10.7. The zero-order chi connectivity index (χ0) is 9.02. The molecule has 0 aromatic heterocycles. The number of nitrogens with one attached hydrogen (secondary N) is 1. The normalized spacial score (nSPS) is 15.2. The predicted molar refractivity (Wildman–Crippen MR) is 39.0 cm³/mol. The summed E-state index contributed by atoms with van der Waals surface area (Å²) in [6, 6.07) is -0.694. The average Bonchev–Trinajstić information content (AvgIpc) is 1.87. The monoisotopic (exact) mass is 160 g/mol. The van der Waals surface area contributed by atoms with Crippen LogP contribution in [0.15, 0.2) is 0 Å². The number of primary amides is 1. The molecule has 6 heteroatoms. The van der Waals surface area contributed by atoms with E-state index in [1.54, 1.807) is 0 Å². The number of nitrogens with two attached hydrogens (primary N) is 3. The van der Waals surface area contributed by atoms with E-state index in [9.17, 15) is 9.59 Å². The second kappa shape index (κ2) is 3.89. The molecule has 0 aliphatic carbocycles. The van der Waals surface area contributed by atoms with Gasteiger partial charge in [-0.2, -0.15) is 0 Å². The van der Waals surface area contributed by atoms with Gasteiger partial charge in [-0.3, -0.25) is 9.59 Å². The molecule has 0 bridgehead atoms. The van der Waals surface area contributed by atoms with Crippen LogP contribution in [0.25, 0.3) is 0 Å². The molecule has 11 heavy (non-hydrogen) atoms. The second-order valence-electron chi connectivity index (χ2n) is 2.18. The molecule has 0 aromatic rings. The van der Waals surface area contributed by atoms with Crippen molar-refractivity contribution in [3.8, 4) is 0 Å². The number of hydrogen-bond acceptors (Lipinski definition) is 4. The molecule has 0 saturated carbocycles. The van der Waals surface area contributed by atoms with Crippen molar-refractivity contribution in [1.82, 2.24) is 5.32 Å². The fraction of sp³-hybridized carbons (Fsp3) is 0.600. The van der Waals surface area contributed by atoms with Crippen LogP contribution in [0, 0.1) is 0 Å². The van der Waals surface area contributed by atoms with E-state index in [1.807, 2.05) is 0 Å². The van der Waals surface area contributed by atoms with Gasteiger partial charge in [0.2, 0.25) is 5.91 Å². The summed E-state index contributed by atoms with van der Waals surface area (Å²) in [5.74, 6) is -1.30. The molecule has 0 aliphatic heterocycles. The Morgan fingerprint density at radius 3 is 2.09 bits per heavy atom. The average molecular weight is 160 g/mol. The molecular weight excluding hydrogens is 148 g/mol. The topological polar surface area (TPSA) is 124 Å². The molecule has 0 saturated heterocycles. The molecule has 6 nitrogen and oxygen atoms in total. The summed E-state index contributed by atoms with van der Waals surface area (Å²) in [6.07, 6.45) is -1.16. The van der Waals surface area contributed by atoms with Crippen LogP contribution in [0.3, 0.4) is 0 Å². The summed E-state index contributed by atoms with van der Waals surface area (Å²) in [4.78, 5) is 21.0. The van der Waals surface area contributed by atoms with Gasteiger partial charge in [-0.15, -0.1) is 0 Å². The molecule has 0 aliphatic rings. The maximum atomic E-state index is 10.7. The third kappa shape index (κ3) is 3.54. The molecule has 0 rings (SSSR count). The standard InChI is InChI=1S/C5H12N4O2/c1-2(6)5(11)9-3(7)4(8)10/h2-3H,6-7H2,1H3,(H2,8,10)(H,9,11). The first-order valence-corrected chi connectivity index (χ1v) is 3.06. The molecule has 0 radical (unpaired) electrons. The van der Waals surface area contributed by atoms with Crippen LogP contribution in [-0.4, -0.2) is 24.0 Å². The van der Waals surface area contributed by atoms with Crippen molar-refractivity contribution in [3.63, 3.8) is 0 Å². The van der Waals surface area contributed by atoms with Crippen molar-refractivity contribution in [3.05, 3.63) is 0 Å². The molecule has 2 unspecified atom stereocenters. The molecule has 2 atom stereocenters. The fourth-order valence-corrected chi connectivity index (χ4v) is 0.356. The highest BCUT2D eigenvalue weighted by Crippen LogP contribution is 1.76. The Kier molecular flexibility index (Phi) is 3.49. The number of rotatable bonds is 3. The largest absolute Gasteiger partial charge is 0.367 e. The predicted octanol–water partition coefficient (Wildman–Crippen LogP) is -2.78. The lowest BCUT2D eigenvalue weighted by molar-refractivity contribution is -0.127. The van der Waals surface area contributed by atoms with E-state index in [4.69, 9.17) is 17.2 Å². The fourth-order valence-electron chi connectivity index (χ4n) is 0.356. The van der Waals surface area contributed by atoms with E-state index in [2.05, 4.69) is 5.32 Å². The van der Waals surface area contributed by atoms with Crippen LogP contribution in [0.5, 0.6) is 0 Å². The lowest BCUT2D eigenvalue weighted by Gasteiger charge is -2.11. The molecule has 0 spiro atoms. The van der Waals surface area contributed by atoms with Gasteiger partial charge in [0.1, 0.15) is 0 Å². The zero-order valence-electron chi connectivity index (χ0n) is 6.20. The summed E-state index contributed by atoms with van der Waals surface area (Å²) in [6.45, 7) is 1.48. The number of hydrogen-bond donors (Lipinski definition) is 4. The van der Waals surface area contributed by atoms with Crippen molar-refractivity contribution in [2.24, 2.45) is 17.2 Å². The minimum absolute atomic E-state index is 0.503. The van der Waals surface area contributed by atoms with Gasteiger partial charge in [-0.25, -0.2) is 0 Å². The maximum Gasteiger partial charge on any atom is 0.254 e. The summed E-state index contributed by atoms with van der Waals surface area (Å²) in [5.41, 5.74) is 15.0. The van der Waals surface area contributed by atoms with Crippen LogP contribution in [0.4, 0.5) is 0 Å². The Morgan fingerprint density at radius 1 is 1.36 bits per heavy atom. The van der Waals surface area contributed by atoms with E-state index in [0.717, 1.165) is 0 Å². The van der Waals surface area contributed by atoms with Gasteiger partial charge in [-0.1, -0.05) is 0 Å². The first kappa shape index (κ1) is 9.86.